The van der Waals surface area contributed by atoms with Crippen LogP contribution < -0.4 is 15.4 Å². The number of ether oxygens (including phenoxy) is 1. The Balaban J connectivity index is 1.68. The van der Waals surface area contributed by atoms with E-state index in [0.717, 1.165) is 12.8 Å². The molecule has 0 bridgehead atoms. The zero-order chi connectivity index (χ0) is 17.9. The van der Waals surface area contributed by atoms with Gasteiger partial charge in [-0.15, -0.1) is 0 Å². The van der Waals surface area contributed by atoms with E-state index >= 15 is 0 Å². The lowest BCUT2D eigenvalue weighted by molar-refractivity contribution is -0.121. The van der Waals surface area contributed by atoms with Crippen molar-refractivity contribution in [3.63, 3.8) is 0 Å². The monoisotopic (exact) mass is 346 g/mol. The largest absolute Gasteiger partial charge is 0.493 e. The summed E-state index contributed by atoms with van der Waals surface area (Å²) in [5.41, 5.74) is 0.534. The maximum atomic E-state index is 12.2. The van der Waals surface area contributed by atoms with E-state index in [-0.39, 0.29) is 11.8 Å². The molecule has 1 aromatic carbocycles. The average Bonchev–Trinajstić information content (AvgIpc) is 2.88. The number of hydrogen-bond donors (Lipinski definition) is 2. The Morgan fingerprint density at radius 2 is 1.84 bits per heavy atom. The van der Waals surface area contributed by atoms with Crippen molar-refractivity contribution in [2.45, 2.75) is 64.3 Å². The van der Waals surface area contributed by atoms with Crippen LogP contribution in [0.1, 0.15) is 68.6 Å². The van der Waals surface area contributed by atoms with E-state index in [1.807, 2.05) is 19.1 Å². The number of nitrogens with one attached hydrogen (secondary N) is 2. The molecule has 1 fully saturated rings. The van der Waals surface area contributed by atoms with Crippen LogP contribution in [0.3, 0.4) is 0 Å². The summed E-state index contributed by atoms with van der Waals surface area (Å²) in [5, 5.41) is 6.00. The van der Waals surface area contributed by atoms with Crippen molar-refractivity contribution in [1.29, 1.82) is 0 Å². The first-order valence-corrected chi connectivity index (χ1v) is 9.50. The summed E-state index contributed by atoms with van der Waals surface area (Å²) >= 11 is 0. The molecular weight excluding hydrogens is 316 g/mol. The molecular formula is C20H30N2O3. The van der Waals surface area contributed by atoms with Crippen molar-refractivity contribution in [3.05, 3.63) is 29.8 Å². The average molecular weight is 346 g/mol. The smallest absolute Gasteiger partial charge is 0.255 e. The second-order valence-electron chi connectivity index (χ2n) is 6.54. The lowest BCUT2D eigenvalue weighted by atomic mass is 10.1. The quantitative estimate of drug-likeness (QED) is 0.560. The molecule has 0 heterocycles. The Kier molecular flexibility index (Phi) is 8.29. The molecule has 5 heteroatoms. The van der Waals surface area contributed by atoms with Gasteiger partial charge in [-0.1, -0.05) is 37.8 Å². The van der Waals surface area contributed by atoms with Crippen molar-refractivity contribution in [3.8, 4) is 5.75 Å². The van der Waals surface area contributed by atoms with Gasteiger partial charge in [0.15, 0.2) is 0 Å². The van der Waals surface area contributed by atoms with Crippen molar-refractivity contribution in [2.24, 2.45) is 0 Å². The number of benzene rings is 1. The van der Waals surface area contributed by atoms with Gasteiger partial charge in [-0.05, 0) is 38.3 Å². The maximum Gasteiger partial charge on any atom is 0.255 e. The predicted octanol–water partition coefficient (Wildman–Crippen LogP) is 3.43. The minimum atomic E-state index is -0.159. The molecule has 138 valence electrons. The molecule has 5 nitrogen and oxygen atoms in total. The SMILES string of the molecule is CCOc1ccccc1C(=O)NCCCC(=O)NC1CCCCCC1. The summed E-state index contributed by atoms with van der Waals surface area (Å²) < 4.78 is 5.47. The molecule has 1 aliphatic rings. The lowest BCUT2D eigenvalue weighted by Crippen LogP contribution is -2.35. The van der Waals surface area contributed by atoms with E-state index in [1.165, 1.54) is 25.7 Å². The van der Waals surface area contributed by atoms with E-state index in [4.69, 9.17) is 4.74 Å². The van der Waals surface area contributed by atoms with Gasteiger partial charge in [-0.2, -0.15) is 0 Å². The highest BCUT2D eigenvalue weighted by Crippen LogP contribution is 2.18. The summed E-state index contributed by atoms with van der Waals surface area (Å²) in [6, 6.07) is 7.54. The summed E-state index contributed by atoms with van der Waals surface area (Å²) in [6.07, 6.45) is 8.25. The van der Waals surface area contributed by atoms with Crippen LogP contribution in [-0.4, -0.2) is 31.0 Å². The van der Waals surface area contributed by atoms with E-state index in [1.54, 1.807) is 12.1 Å². The van der Waals surface area contributed by atoms with Gasteiger partial charge in [0, 0.05) is 19.0 Å². The van der Waals surface area contributed by atoms with Crippen LogP contribution in [-0.2, 0) is 4.79 Å². The molecule has 0 atom stereocenters. The van der Waals surface area contributed by atoms with E-state index in [9.17, 15) is 9.59 Å². The fourth-order valence-corrected chi connectivity index (χ4v) is 3.21. The zero-order valence-corrected chi connectivity index (χ0v) is 15.2. The highest BCUT2D eigenvalue weighted by atomic mass is 16.5. The van der Waals surface area contributed by atoms with Crippen LogP contribution in [0.15, 0.2) is 24.3 Å². The van der Waals surface area contributed by atoms with Gasteiger partial charge in [0.1, 0.15) is 5.75 Å². The maximum absolute atomic E-state index is 12.2. The number of carbonyl (C=O) groups excluding carboxylic acids is 2. The molecule has 2 rings (SSSR count). The third-order valence-electron chi connectivity index (χ3n) is 4.52. The zero-order valence-electron chi connectivity index (χ0n) is 15.2. The standard InChI is InChI=1S/C20H30N2O3/c1-2-25-18-13-8-7-12-17(18)20(24)21-15-9-14-19(23)22-16-10-5-3-4-6-11-16/h7-8,12-13,16H,2-6,9-11,14-15H2,1H3,(H,21,24)(H,22,23). The minimum Gasteiger partial charge on any atom is -0.493 e. The van der Waals surface area contributed by atoms with Crippen molar-refractivity contribution < 1.29 is 14.3 Å². The first-order chi connectivity index (χ1) is 12.2. The van der Waals surface area contributed by atoms with Crippen LogP contribution >= 0.6 is 0 Å². The van der Waals surface area contributed by atoms with Crippen LogP contribution in [0.5, 0.6) is 5.75 Å². The Bertz CT molecular complexity index is 552. The Morgan fingerprint density at radius 3 is 2.56 bits per heavy atom. The molecule has 0 unspecified atom stereocenters. The van der Waals surface area contributed by atoms with E-state index in [0.29, 0.717) is 43.3 Å². The summed E-state index contributed by atoms with van der Waals surface area (Å²) in [5.74, 6) is 0.526. The Morgan fingerprint density at radius 1 is 1.12 bits per heavy atom. The summed E-state index contributed by atoms with van der Waals surface area (Å²) in [7, 11) is 0. The van der Waals surface area contributed by atoms with Crippen molar-refractivity contribution in [1.82, 2.24) is 10.6 Å². The summed E-state index contributed by atoms with van der Waals surface area (Å²) in [4.78, 5) is 24.3. The summed E-state index contributed by atoms with van der Waals surface area (Å²) in [6.45, 7) is 2.89. The normalized spacial score (nSPS) is 15.2. The molecule has 0 saturated heterocycles. The number of amides is 2. The molecule has 1 aliphatic carbocycles. The fraction of sp³-hybridized carbons (Fsp3) is 0.600. The first kappa shape index (κ1) is 19.3. The van der Waals surface area contributed by atoms with Gasteiger partial charge in [0.05, 0.1) is 12.2 Å². The first-order valence-electron chi connectivity index (χ1n) is 9.50. The molecule has 0 spiro atoms. The van der Waals surface area contributed by atoms with Gasteiger partial charge >= 0.3 is 0 Å². The number of carbonyl (C=O) groups is 2. The Labute approximate surface area is 150 Å². The third kappa shape index (κ3) is 6.77. The number of para-hydroxylation sites is 1. The molecule has 0 radical (unpaired) electrons. The van der Waals surface area contributed by atoms with Gasteiger partial charge in [-0.25, -0.2) is 0 Å². The van der Waals surface area contributed by atoms with Gasteiger partial charge in [0.2, 0.25) is 5.91 Å². The van der Waals surface area contributed by atoms with Gasteiger partial charge < -0.3 is 15.4 Å². The van der Waals surface area contributed by atoms with Crippen molar-refractivity contribution in [2.75, 3.05) is 13.2 Å². The van der Waals surface area contributed by atoms with Crippen LogP contribution in [0.25, 0.3) is 0 Å². The topological polar surface area (TPSA) is 67.4 Å². The molecule has 2 amide bonds. The Hall–Kier alpha value is -2.04. The molecule has 1 saturated carbocycles. The minimum absolute atomic E-state index is 0.0934. The predicted molar refractivity (Wildman–Crippen MR) is 98.8 cm³/mol. The van der Waals surface area contributed by atoms with E-state index in [2.05, 4.69) is 10.6 Å². The molecule has 2 N–H and O–H groups in total. The van der Waals surface area contributed by atoms with Gasteiger partial charge in [-0.3, -0.25) is 9.59 Å². The highest BCUT2D eigenvalue weighted by molar-refractivity contribution is 5.96. The third-order valence-corrected chi connectivity index (χ3v) is 4.52. The van der Waals surface area contributed by atoms with E-state index < -0.39 is 0 Å². The molecule has 1 aromatic rings. The molecule has 0 aliphatic heterocycles. The lowest BCUT2D eigenvalue weighted by Gasteiger charge is -2.16. The van der Waals surface area contributed by atoms with Gasteiger partial charge in [0.25, 0.3) is 5.91 Å². The number of hydrogen-bond acceptors (Lipinski definition) is 3. The van der Waals surface area contributed by atoms with Crippen LogP contribution in [0.4, 0.5) is 0 Å². The number of rotatable bonds is 8. The fourth-order valence-electron chi connectivity index (χ4n) is 3.21. The second kappa shape index (κ2) is 10.7. The molecule has 0 aromatic heterocycles. The second-order valence-corrected chi connectivity index (χ2v) is 6.54. The highest BCUT2D eigenvalue weighted by Gasteiger charge is 2.15. The van der Waals surface area contributed by atoms with Crippen LogP contribution in [0.2, 0.25) is 0 Å². The van der Waals surface area contributed by atoms with Crippen LogP contribution in [0, 0.1) is 0 Å². The molecule has 25 heavy (non-hydrogen) atoms. The van der Waals surface area contributed by atoms with Crippen molar-refractivity contribution >= 4 is 11.8 Å².